The number of fused-ring (bicyclic) bond motifs is 1. The van der Waals surface area contributed by atoms with Crippen molar-refractivity contribution in [2.45, 2.75) is 48.5 Å². The van der Waals surface area contributed by atoms with Crippen LogP contribution in [0.25, 0.3) is 0 Å². The van der Waals surface area contributed by atoms with Crippen LogP contribution in [-0.4, -0.2) is 157 Å². The molecule has 3 aromatic rings. The van der Waals surface area contributed by atoms with Crippen molar-refractivity contribution in [3.63, 3.8) is 0 Å². The maximum absolute atomic E-state index is 14.7. The quantitative estimate of drug-likeness (QED) is 0.0702. The molecule has 0 aromatic heterocycles. The zero-order valence-corrected chi connectivity index (χ0v) is 42.6. The highest BCUT2D eigenvalue weighted by molar-refractivity contribution is 9.10. The molecule has 2 saturated heterocycles. The van der Waals surface area contributed by atoms with Crippen LogP contribution in [0.2, 0.25) is 0 Å². The maximum Gasteiger partial charge on any atom is 0.513 e. The molecular formula is C44H45Br2N5O19S. The minimum absolute atomic E-state index is 0.115. The van der Waals surface area contributed by atoms with Crippen LogP contribution >= 0.6 is 43.6 Å². The fourth-order valence-electron chi connectivity index (χ4n) is 7.27. The Hall–Kier alpha value is -7.13. The SMILES string of the molecule is COC(=O)Oc1cc(Br)cc(C(=O)N(C)CCCN(CC(=O)NC(C(=O)N[C@@H]2C(=O)N3[C@@H]2SC(C)(C)[C@@H]3C(=O)O)c2ccccc2)C(=O)c2cc(Br)cc(OC(=O)OC)c2OC(=O)OC)c1OC(=O)OC. The fraction of sp³-hybridized carbons (Fsp3) is 0.364. The van der Waals surface area contributed by atoms with Gasteiger partial charge >= 0.3 is 30.6 Å². The van der Waals surface area contributed by atoms with Crippen LogP contribution in [0.5, 0.6) is 23.0 Å². The highest BCUT2D eigenvalue weighted by Gasteiger charge is 2.64. The number of nitrogens with zero attached hydrogens (tertiary/aromatic N) is 3. The van der Waals surface area contributed by atoms with E-state index in [4.69, 9.17) is 18.9 Å². The van der Waals surface area contributed by atoms with Crippen molar-refractivity contribution in [3.8, 4) is 23.0 Å². The number of halogens is 2. The Morgan fingerprint density at radius 1 is 0.746 bits per heavy atom. The molecule has 5 amide bonds. The van der Waals surface area contributed by atoms with Gasteiger partial charge in [-0.1, -0.05) is 62.2 Å². The second-order valence-electron chi connectivity index (χ2n) is 15.6. The molecule has 0 saturated carbocycles. The molecular weight excluding hydrogens is 1090 g/mol. The van der Waals surface area contributed by atoms with Crippen molar-refractivity contribution in [2.75, 3.05) is 55.1 Å². The predicted molar refractivity (Wildman–Crippen MR) is 251 cm³/mol. The lowest BCUT2D eigenvalue weighted by Crippen LogP contribution is -2.71. The molecule has 2 aliphatic heterocycles. The van der Waals surface area contributed by atoms with Crippen molar-refractivity contribution >= 4 is 104 Å². The number of methoxy groups -OCH3 is 4. The van der Waals surface area contributed by atoms with Crippen LogP contribution in [-0.2, 0) is 38.1 Å². The summed E-state index contributed by atoms with van der Waals surface area (Å²) >= 11 is 7.67. The third kappa shape index (κ3) is 13.0. The molecule has 0 aliphatic carbocycles. The average Bonchev–Trinajstić information content (AvgIpc) is 3.60. The number of carboxylic acids is 1. The summed E-state index contributed by atoms with van der Waals surface area (Å²) in [4.78, 5) is 135. The van der Waals surface area contributed by atoms with Crippen LogP contribution in [0.4, 0.5) is 19.2 Å². The Morgan fingerprint density at radius 3 is 1.73 bits per heavy atom. The summed E-state index contributed by atoms with van der Waals surface area (Å²) in [6, 6.07) is 8.96. The molecule has 2 aliphatic rings. The van der Waals surface area contributed by atoms with Gasteiger partial charge in [0.15, 0.2) is 23.0 Å². The van der Waals surface area contributed by atoms with E-state index >= 15 is 0 Å². The van der Waals surface area contributed by atoms with Gasteiger partial charge in [-0.15, -0.1) is 11.8 Å². The largest absolute Gasteiger partial charge is 0.513 e. The van der Waals surface area contributed by atoms with Crippen molar-refractivity contribution in [1.82, 2.24) is 25.3 Å². The van der Waals surface area contributed by atoms with Gasteiger partial charge in [0.05, 0.1) is 46.1 Å². The summed E-state index contributed by atoms with van der Waals surface area (Å²) < 4.78 is 38.5. The summed E-state index contributed by atoms with van der Waals surface area (Å²) in [6.07, 6.45) is -5.21. The first-order chi connectivity index (χ1) is 33.5. The Kier molecular flexibility index (Phi) is 18.3. The molecule has 2 fully saturated rings. The van der Waals surface area contributed by atoms with E-state index in [2.05, 4.69) is 61.4 Å². The molecule has 27 heteroatoms. The lowest BCUT2D eigenvalue weighted by molar-refractivity contribution is -0.161. The van der Waals surface area contributed by atoms with Crippen molar-refractivity contribution in [1.29, 1.82) is 0 Å². The van der Waals surface area contributed by atoms with Gasteiger partial charge in [0.25, 0.3) is 11.8 Å². The number of carbonyl (C=O) groups excluding carboxylic acids is 9. The number of hydrogen-bond acceptors (Lipinski definition) is 19. The number of aliphatic carboxylic acids is 1. The number of nitrogens with one attached hydrogen (secondary N) is 2. The first kappa shape index (κ1) is 54.8. The normalized spacial score (nSPS) is 16.6. The first-order valence-electron chi connectivity index (χ1n) is 20.7. The molecule has 24 nitrogen and oxygen atoms in total. The van der Waals surface area contributed by atoms with Gasteiger partial charge in [-0.2, -0.15) is 0 Å². The van der Waals surface area contributed by atoms with Crippen molar-refractivity contribution in [3.05, 3.63) is 80.2 Å². The Balaban J connectivity index is 1.47. The van der Waals surface area contributed by atoms with E-state index in [0.29, 0.717) is 0 Å². The number of benzene rings is 3. The Bertz CT molecular complexity index is 2620. The summed E-state index contributed by atoms with van der Waals surface area (Å²) in [5.41, 5.74) is -0.495. The van der Waals surface area contributed by atoms with Gasteiger partial charge in [0.2, 0.25) is 17.7 Å². The van der Waals surface area contributed by atoms with Gasteiger partial charge in [0, 0.05) is 33.8 Å². The summed E-state index contributed by atoms with van der Waals surface area (Å²) in [5.74, 6) is -7.49. The molecule has 5 rings (SSSR count). The molecule has 380 valence electrons. The number of hydrogen-bond donors (Lipinski definition) is 3. The molecule has 0 spiro atoms. The molecule has 0 radical (unpaired) electrons. The second-order valence-corrected chi connectivity index (χ2v) is 19.2. The molecule has 2 heterocycles. The monoisotopic (exact) mass is 1140 g/mol. The number of rotatable bonds is 17. The third-order valence-electron chi connectivity index (χ3n) is 10.5. The standard InChI is InChI=1S/C44H45Br2N5O19S/c1-44(2)33(39(57)58)51-37(56)30(38(51)71-44)48-34(53)29(21-12-9-8-10-13-21)47-28(52)20-50(36(55)25-17-23(46)19-27(68-41(60)64-5)32(25)70-43(62)66-7)15-11-14-49(3)35(54)24-16-22(45)18-26(67-40(59)63-4)31(24)69-42(61)65-6/h8-10,12-13,16-19,29-30,33,38H,11,14-15,20H2,1-7H3,(H,47,52)(H,48,53)(H,57,58)/t29?,30-,33+,38-/m1/s1. The van der Waals surface area contributed by atoms with E-state index in [-0.39, 0.29) is 39.6 Å². The second kappa shape index (κ2) is 23.7. The van der Waals surface area contributed by atoms with Gasteiger partial charge in [-0.25, -0.2) is 24.0 Å². The van der Waals surface area contributed by atoms with E-state index in [1.807, 2.05) is 0 Å². The minimum atomic E-state index is -1.48. The molecule has 3 aromatic carbocycles. The number of ether oxygens (including phenoxy) is 8. The number of carbonyl (C=O) groups is 10. The lowest BCUT2D eigenvalue weighted by atomic mass is 9.95. The topological polar surface area (TPSA) is 299 Å². The molecule has 71 heavy (non-hydrogen) atoms. The lowest BCUT2D eigenvalue weighted by Gasteiger charge is -2.44. The number of amides is 5. The highest BCUT2D eigenvalue weighted by atomic mass is 79.9. The molecule has 4 atom stereocenters. The van der Waals surface area contributed by atoms with Gasteiger partial charge in [-0.05, 0) is 50.1 Å². The van der Waals surface area contributed by atoms with E-state index < -0.39 is 123 Å². The first-order valence-corrected chi connectivity index (χ1v) is 23.1. The van der Waals surface area contributed by atoms with Crippen LogP contribution in [0.15, 0.2) is 63.5 Å². The Labute approximate surface area is 425 Å². The van der Waals surface area contributed by atoms with E-state index in [1.165, 1.54) is 60.1 Å². The van der Waals surface area contributed by atoms with E-state index in [0.717, 1.165) is 38.2 Å². The van der Waals surface area contributed by atoms with Crippen LogP contribution in [0.1, 0.15) is 52.6 Å². The zero-order chi connectivity index (χ0) is 52.5. The predicted octanol–water partition coefficient (Wildman–Crippen LogP) is 4.89. The van der Waals surface area contributed by atoms with Crippen molar-refractivity contribution < 1.29 is 90.9 Å². The highest BCUT2D eigenvalue weighted by Crippen LogP contribution is 2.51. The zero-order valence-electron chi connectivity index (χ0n) is 38.6. The average molecular weight is 1140 g/mol. The number of thioether (sulfide) groups is 1. The third-order valence-corrected chi connectivity index (χ3v) is 13.0. The van der Waals surface area contributed by atoms with Crippen LogP contribution in [0.3, 0.4) is 0 Å². The van der Waals surface area contributed by atoms with Crippen LogP contribution in [0, 0.1) is 0 Å². The Morgan fingerprint density at radius 2 is 1.24 bits per heavy atom. The molecule has 1 unspecified atom stereocenters. The summed E-state index contributed by atoms with van der Waals surface area (Å²) in [6.45, 7) is 1.95. The van der Waals surface area contributed by atoms with Gasteiger partial charge < -0.3 is 68.3 Å². The van der Waals surface area contributed by atoms with Crippen molar-refractivity contribution in [2.24, 2.45) is 0 Å². The molecule has 0 bridgehead atoms. The smallest absolute Gasteiger partial charge is 0.480 e. The van der Waals surface area contributed by atoms with Crippen LogP contribution < -0.4 is 29.6 Å². The van der Waals surface area contributed by atoms with E-state index in [1.54, 1.807) is 32.0 Å². The number of carboxylic acid groups (broad SMARTS) is 1. The molecule has 3 N–H and O–H groups in total. The summed E-state index contributed by atoms with van der Waals surface area (Å²) in [5, 5.41) is 14.4. The maximum atomic E-state index is 14.7. The van der Waals surface area contributed by atoms with Gasteiger partial charge in [-0.3, -0.25) is 24.0 Å². The number of β-lactam (4-membered cyclic amide) rings is 1. The van der Waals surface area contributed by atoms with Gasteiger partial charge in [0.1, 0.15) is 23.5 Å². The fourth-order valence-corrected chi connectivity index (χ4v) is 9.77. The summed E-state index contributed by atoms with van der Waals surface area (Å²) in [7, 11) is 5.35. The van der Waals surface area contributed by atoms with E-state index in [9.17, 15) is 53.1 Å². The minimum Gasteiger partial charge on any atom is -0.480 e.